The van der Waals surface area contributed by atoms with Crippen molar-refractivity contribution in [1.29, 1.82) is 0 Å². The smallest absolute Gasteiger partial charge is 0.305 e. The third-order valence-electron chi connectivity index (χ3n) is 3.32. The lowest BCUT2D eigenvalue weighted by Gasteiger charge is -2.17. The van der Waals surface area contributed by atoms with E-state index in [1.54, 1.807) is 0 Å². The van der Waals surface area contributed by atoms with Crippen LogP contribution in [0.2, 0.25) is 0 Å². The minimum atomic E-state index is -0.154. The summed E-state index contributed by atoms with van der Waals surface area (Å²) in [6.07, 6.45) is 3.14. The Balaban J connectivity index is 0.00000529. The number of guanidine groups is 1. The second-order valence-electron chi connectivity index (χ2n) is 5.56. The number of esters is 1. The van der Waals surface area contributed by atoms with Crippen LogP contribution in [-0.4, -0.2) is 38.2 Å². The number of unbranched alkanes of at least 4 members (excludes halogenated alkanes) is 1. The summed E-state index contributed by atoms with van der Waals surface area (Å²) in [5.74, 6) is 0.685. The van der Waals surface area contributed by atoms with Crippen molar-refractivity contribution < 1.29 is 9.53 Å². The Morgan fingerprint density at radius 3 is 2.71 bits per heavy atom. The molecule has 24 heavy (non-hydrogen) atoms. The molecule has 0 fully saturated rings. The third kappa shape index (κ3) is 10.1. The Kier molecular flexibility index (Phi) is 13.0. The topological polar surface area (TPSA) is 62.7 Å². The van der Waals surface area contributed by atoms with E-state index in [0.29, 0.717) is 19.0 Å². The zero-order chi connectivity index (χ0) is 17.1. The van der Waals surface area contributed by atoms with E-state index in [4.69, 9.17) is 0 Å². The number of hydrogen-bond donors (Lipinski definition) is 2. The van der Waals surface area contributed by atoms with E-state index in [1.807, 2.05) is 11.3 Å². The summed E-state index contributed by atoms with van der Waals surface area (Å²) in [7, 11) is 1.42. The van der Waals surface area contributed by atoms with Crippen molar-refractivity contribution in [3.63, 3.8) is 0 Å². The first-order chi connectivity index (χ1) is 11.0. The van der Waals surface area contributed by atoms with Crippen LogP contribution in [0.15, 0.2) is 17.1 Å². The van der Waals surface area contributed by atoms with Crippen LogP contribution in [-0.2, 0) is 16.0 Å². The van der Waals surface area contributed by atoms with E-state index in [-0.39, 0.29) is 29.9 Å². The summed E-state index contributed by atoms with van der Waals surface area (Å²) in [4.78, 5) is 18.4. The van der Waals surface area contributed by atoms with Crippen LogP contribution in [0.1, 0.15) is 42.9 Å². The van der Waals surface area contributed by atoms with Crippen molar-refractivity contribution in [2.75, 3.05) is 20.2 Å². The van der Waals surface area contributed by atoms with Gasteiger partial charge in [-0.2, -0.15) is 0 Å². The van der Waals surface area contributed by atoms with E-state index in [9.17, 15) is 4.79 Å². The number of rotatable bonds is 9. The summed E-state index contributed by atoms with van der Waals surface area (Å²) in [6.45, 7) is 7.89. The summed E-state index contributed by atoms with van der Waals surface area (Å²) in [6, 6.07) is 4.67. The lowest BCUT2D eigenvalue weighted by atomic mass is 10.2. The number of halogens is 1. The molecule has 138 valence electrons. The monoisotopic (exact) mass is 467 g/mol. The van der Waals surface area contributed by atoms with Crippen LogP contribution in [0, 0.1) is 6.92 Å². The lowest BCUT2D eigenvalue weighted by molar-refractivity contribution is -0.140. The van der Waals surface area contributed by atoms with Crippen molar-refractivity contribution in [3.8, 4) is 0 Å². The number of aliphatic imine (C=N–C) groups is 1. The molecule has 1 aromatic heterocycles. The molecule has 0 aromatic carbocycles. The number of methoxy groups -OCH3 is 1. The highest BCUT2D eigenvalue weighted by atomic mass is 127. The van der Waals surface area contributed by atoms with Crippen molar-refractivity contribution in [3.05, 3.63) is 21.9 Å². The molecule has 1 heterocycles. The Bertz CT molecular complexity index is 506. The van der Waals surface area contributed by atoms with Crippen LogP contribution in [0.25, 0.3) is 0 Å². The number of aryl methyl sites for hydroxylation is 1. The Morgan fingerprint density at radius 1 is 1.38 bits per heavy atom. The van der Waals surface area contributed by atoms with Gasteiger partial charge < -0.3 is 15.4 Å². The maximum Gasteiger partial charge on any atom is 0.305 e. The minimum Gasteiger partial charge on any atom is -0.469 e. The molecular weight excluding hydrogens is 437 g/mol. The number of carbonyl (C=O) groups excluding carboxylic acids is 1. The first-order valence-corrected chi connectivity index (χ1v) is 9.03. The van der Waals surface area contributed by atoms with Gasteiger partial charge in [0, 0.05) is 41.7 Å². The van der Waals surface area contributed by atoms with Gasteiger partial charge in [-0.15, -0.1) is 35.3 Å². The Morgan fingerprint density at radius 2 is 2.12 bits per heavy atom. The van der Waals surface area contributed by atoms with E-state index < -0.39 is 0 Å². The summed E-state index contributed by atoms with van der Waals surface area (Å²) < 4.78 is 4.63. The van der Waals surface area contributed by atoms with Gasteiger partial charge in [-0.3, -0.25) is 9.79 Å². The van der Waals surface area contributed by atoms with E-state index in [2.05, 4.69) is 53.3 Å². The van der Waals surface area contributed by atoms with Crippen molar-refractivity contribution in [1.82, 2.24) is 10.6 Å². The summed E-state index contributed by atoms with van der Waals surface area (Å²) >= 11 is 1.84. The van der Waals surface area contributed by atoms with Gasteiger partial charge >= 0.3 is 5.97 Å². The van der Waals surface area contributed by atoms with Gasteiger partial charge in [-0.05, 0) is 45.7 Å². The molecule has 1 unspecified atom stereocenters. The number of hydrogen-bond acceptors (Lipinski definition) is 4. The highest BCUT2D eigenvalue weighted by Gasteiger charge is 2.07. The second kappa shape index (κ2) is 13.5. The maximum absolute atomic E-state index is 11.1. The zero-order valence-electron chi connectivity index (χ0n) is 15.1. The van der Waals surface area contributed by atoms with Crippen molar-refractivity contribution in [2.24, 2.45) is 4.99 Å². The van der Waals surface area contributed by atoms with Gasteiger partial charge in [0.2, 0.25) is 0 Å². The van der Waals surface area contributed by atoms with Crippen molar-refractivity contribution >= 4 is 47.2 Å². The first kappa shape index (κ1) is 23.2. The average Bonchev–Trinajstić information content (AvgIpc) is 2.91. The molecule has 0 aliphatic heterocycles. The SMILES string of the molecule is CCNC(=NCCCCC(=O)OC)NC(C)Cc1ccc(C)s1.I. The normalized spacial score (nSPS) is 12.2. The highest BCUT2D eigenvalue weighted by Crippen LogP contribution is 2.16. The fourth-order valence-corrected chi connectivity index (χ4v) is 3.19. The zero-order valence-corrected chi connectivity index (χ0v) is 18.2. The molecule has 0 spiro atoms. The summed E-state index contributed by atoms with van der Waals surface area (Å²) in [5, 5.41) is 6.71. The lowest BCUT2D eigenvalue weighted by Crippen LogP contribution is -2.43. The molecular formula is C17H30IN3O2S. The molecule has 0 amide bonds. The molecule has 0 radical (unpaired) electrons. The minimum absolute atomic E-state index is 0. The molecule has 1 aromatic rings. The number of ether oxygens (including phenoxy) is 1. The van der Waals surface area contributed by atoms with Crippen LogP contribution >= 0.6 is 35.3 Å². The Hall–Kier alpha value is -0.830. The van der Waals surface area contributed by atoms with Crippen LogP contribution in [0.5, 0.6) is 0 Å². The van der Waals surface area contributed by atoms with Gasteiger partial charge in [0.15, 0.2) is 5.96 Å². The van der Waals surface area contributed by atoms with E-state index >= 15 is 0 Å². The van der Waals surface area contributed by atoms with Gasteiger partial charge in [0.25, 0.3) is 0 Å². The molecule has 0 aliphatic carbocycles. The van der Waals surface area contributed by atoms with Gasteiger partial charge in [0.05, 0.1) is 7.11 Å². The van der Waals surface area contributed by atoms with Gasteiger partial charge in [-0.1, -0.05) is 0 Å². The van der Waals surface area contributed by atoms with Gasteiger partial charge in [0.1, 0.15) is 0 Å². The number of nitrogens with zero attached hydrogens (tertiary/aromatic N) is 1. The average molecular weight is 467 g/mol. The fraction of sp³-hybridized carbons (Fsp3) is 0.647. The first-order valence-electron chi connectivity index (χ1n) is 8.22. The van der Waals surface area contributed by atoms with Crippen LogP contribution in [0.3, 0.4) is 0 Å². The second-order valence-corrected chi connectivity index (χ2v) is 6.93. The Labute approximate surface area is 166 Å². The fourth-order valence-electron chi connectivity index (χ4n) is 2.18. The largest absolute Gasteiger partial charge is 0.469 e. The van der Waals surface area contributed by atoms with Crippen LogP contribution < -0.4 is 10.6 Å². The van der Waals surface area contributed by atoms with Crippen molar-refractivity contribution in [2.45, 2.75) is 52.5 Å². The molecule has 2 N–H and O–H groups in total. The highest BCUT2D eigenvalue weighted by molar-refractivity contribution is 14.0. The molecule has 1 atom stereocenters. The molecule has 7 heteroatoms. The number of carbonyl (C=O) groups is 1. The van der Waals surface area contributed by atoms with Crippen LogP contribution in [0.4, 0.5) is 0 Å². The standard InChI is InChI=1S/C17H29N3O2S.HI/c1-5-18-17(19-11-7-6-8-16(21)22-4)20-13(2)12-15-10-9-14(3)23-15;/h9-10,13H,5-8,11-12H2,1-4H3,(H2,18,19,20);1H. The molecule has 0 aliphatic rings. The quantitative estimate of drug-likeness (QED) is 0.192. The maximum atomic E-state index is 11.1. The molecule has 1 rings (SSSR count). The molecule has 0 saturated heterocycles. The molecule has 5 nitrogen and oxygen atoms in total. The summed E-state index contributed by atoms with van der Waals surface area (Å²) in [5.41, 5.74) is 0. The predicted molar refractivity (Wildman–Crippen MR) is 113 cm³/mol. The predicted octanol–water partition coefficient (Wildman–Crippen LogP) is 3.50. The van der Waals surface area contributed by atoms with Gasteiger partial charge in [-0.25, -0.2) is 0 Å². The van der Waals surface area contributed by atoms with E-state index in [1.165, 1.54) is 16.9 Å². The van der Waals surface area contributed by atoms with E-state index in [0.717, 1.165) is 31.8 Å². The molecule has 0 bridgehead atoms. The molecule has 0 saturated carbocycles. The number of thiophene rings is 1. The number of nitrogens with one attached hydrogen (secondary N) is 2. The third-order valence-corrected chi connectivity index (χ3v) is 4.34.